The van der Waals surface area contributed by atoms with Crippen LogP contribution < -0.4 is 21.1 Å². The van der Waals surface area contributed by atoms with Crippen LogP contribution in [0.15, 0.2) is 44.6 Å². The van der Waals surface area contributed by atoms with E-state index in [9.17, 15) is 14.8 Å². The third-order valence-corrected chi connectivity index (χ3v) is 8.55. The molecule has 0 aliphatic heterocycles. The molecule has 0 fully saturated rings. The number of H-pyrrole nitrogens is 1. The highest BCUT2D eigenvalue weighted by atomic mass is 79.9. The van der Waals surface area contributed by atoms with Gasteiger partial charge in [0.1, 0.15) is 11.5 Å². The zero-order valence-corrected chi connectivity index (χ0v) is 30.6. The van der Waals surface area contributed by atoms with E-state index in [0.29, 0.717) is 59.6 Å². The Morgan fingerprint density at radius 3 is 2.33 bits per heavy atom. The number of carbonyl (C=O) groups excluding carboxylic acids is 2. The first-order chi connectivity index (χ1) is 22.2. The van der Waals surface area contributed by atoms with Crippen LogP contribution in [0.2, 0.25) is 0 Å². The van der Waals surface area contributed by atoms with Gasteiger partial charge in [-0.25, -0.2) is 4.98 Å². The summed E-state index contributed by atoms with van der Waals surface area (Å²) >= 11 is 7.06. The molecule has 1 aromatic carbocycles. The van der Waals surface area contributed by atoms with Crippen LogP contribution in [0.25, 0.3) is 0 Å². The smallest absolute Gasteiger partial charge is 0.269 e. The maximum atomic E-state index is 12.5. The number of nitrogen functional groups attached to an aromatic ring is 1. The predicted molar refractivity (Wildman–Crippen MR) is 192 cm³/mol. The quantitative estimate of drug-likeness (QED) is 0.0243. The molecule has 0 unspecified atom stereocenters. The van der Waals surface area contributed by atoms with Crippen molar-refractivity contribution in [1.82, 2.24) is 20.6 Å². The van der Waals surface area contributed by atoms with Crippen molar-refractivity contribution in [3.8, 4) is 5.75 Å². The van der Waals surface area contributed by atoms with E-state index >= 15 is 0 Å². The lowest BCUT2D eigenvalue weighted by Crippen LogP contribution is -2.33. The van der Waals surface area contributed by atoms with Gasteiger partial charge in [0.25, 0.3) is 5.91 Å². The van der Waals surface area contributed by atoms with Crippen molar-refractivity contribution in [2.24, 2.45) is 11.1 Å². The Morgan fingerprint density at radius 1 is 1.00 bits per heavy atom. The molecule has 1 heterocycles. The summed E-state index contributed by atoms with van der Waals surface area (Å²) in [6, 6.07) is 3.64. The molecule has 0 saturated carbocycles. The maximum Gasteiger partial charge on any atom is 0.269 e. The average Bonchev–Trinajstić information content (AvgIpc) is 3.43. The maximum absolute atomic E-state index is 12.5. The van der Waals surface area contributed by atoms with Crippen LogP contribution >= 0.6 is 31.9 Å². The predicted octanol–water partition coefficient (Wildman–Crippen LogP) is 7.64. The number of hydrogen-bond acceptors (Lipinski definition) is 7. The van der Waals surface area contributed by atoms with Gasteiger partial charge in [-0.2, -0.15) is 0 Å². The molecule has 6 N–H and O–H groups in total. The van der Waals surface area contributed by atoms with Crippen LogP contribution in [0.1, 0.15) is 102 Å². The van der Waals surface area contributed by atoms with Gasteiger partial charge in [-0.15, -0.1) is 0 Å². The zero-order chi connectivity index (χ0) is 33.6. The molecular weight excluding hydrogens is 716 g/mol. The summed E-state index contributed by atoms with van der Waals surface area (Å²) in [7, 11) is 0. The molecule has 256 valence electrons. The summed E-state index contributed by atoms with van der Waals surface area (Å²) in [4.78, 5) is 31.5. The topological polar surface area (TPSA) is 155 Å². The van der Waals surface area contributed by atoms with Gasteiger partial charge in [0.2, 0.25) is 5.91 Å². The number of unbranched alkanes of at least 4 members (excludes halogenated alkanes) is 7. The molecule has 0 bridgehead atoms. The molecule has 2 aromatic rings. The first-order valence-corrected chi connectivity index (χ1v) is 18.1. The number of hydrogen-bond donors (Lipinski definition) is 5. The Labute approximate surface area is 291 Å². The van der Waals surface area contributed by atoms with Gasteiger partial charge in [0.15, 0.2) is 5.95 Å². The second kappa shape index (κ2) is 23.5. The minimum atomic E-state index is -0.467. The van der Waals surface area contributed by atoms with E-state index in [-0.39, 0.29) is 18.0 Å². The lowest BCUT2D eigenvalue weighted by atomic mass is 10.0. The standard InChI is InChI=1S/C34H52Br2N6O4/c1-25(2)15-12-10-8-6-4-3-5-7-9-11-13-16-31(43)38-18-14-20-46-32-28(35)21-26(22-29(32)36)23-30(42-45)33(44)39-19-17-27-24-40-34(37)41-27/h4,6,21-22,24-25,45H,3,5,7-20,23H2,1-2H3,(H,38,43)(H,39,44)(H3,37,40,41). The molecule has 46 heavy (non-hydrogen) atoms. The Bertz CT molecular complexity index is 1220. The van der Waals surface area contributed by atoms with Gasteiger partial charge in [0, 0.05) is 38.0 Å². The summed E-state index contributed by atoms with van der Waals surface area (Å²) in [5, 5.41) is 18.3. The number of rotatable bonds is 24. The van der Waals surface area contributed by atoms with E-state index in [1.165, 1.54) is 44.9 Å². The van der Waals surface area contributed by atoms with Gasteiger partial charge in [0.05, 0.1) is 21.7 Å². The number of benzene rings is 1. The van der Waals surface area contributed by atoms with Gasteiger partial charge in [-0.3, -0.25) is 9.59 Å². The minimum absolute atomic E-state index is 0.0154. The SMILES string of the molecule is CC(C)CCCCC=CCCCCCCCC(=O)NCCCOc1c(Br)cc(CC(=NO)C(=O)NCCc2cnc(N)[nH]2)cc1Br. The molecule has 12 heteroatoms. The summed E-state index contributed by atoms with van der Waals surface area (Å²) < 4.78 is 7.34. The van der Waals surface area contributed by atoms with Crippen LogP contribution in [0.3, 0.4) is 0 Å². The van der Waals surface area contributed by atoms with E-state index < -0.39 is 5.91 Å². The van der Waals surface area contributed by atoms with Crippen LogP contribution in [0, 0.1) is 5.92 Å². The van der Waals surface area contributed by atoms with Gasteiger partial charge in [-0.1, -0.05) is 63.3 Å². The number of carbonyl (C=O) groups is 2. The van der Waals surface area contributed by atoms with E-state index in [2.05, 4.69) is 83.6 Å². The molecule has 0 radical (unpaired) electrons. The zero-order valence-electron chi connectivity index (χ0n) is 27.4. The first kappa shape index (κ1) is 39.3. The molecule has 2 rings (SSSR count). The number of imidazole rings is 1. The summed E-state index contributed by atoms with van der Waals surface area (Å²) in [6.07, 6.45) is 20.1. The number of aromatic amines is 1. The molecule has 0 atom stereocenters. The number of nitrogens with one attached hydrogen (secondary N) is 3. The first-order valence-electron chi connectivity index (χ1n) is 16.5. The Balaban J connectivity index is 1.55. The molecule has 0 aliphatic rings. The summed E-state index contributed by atoms with van der Waals surface area (Å²) in [5.41, 5.74) is 7.09. The van der Waals surface area contributed by atoms with Crippen molar-refractivity contribution in [2.75, 3.05) is 25.4 Å². The van der Waals surface area contributed by atoms with Crippen molar-refractivity contribution in [3.05, 3.63) is 50.7 Å². The largest absolute Gasteiger partial charge is 0.491 e. The Kier molecular flexibility index (Phi) is 20.1. The van der Waals surface area contributed by atoms with E-state index in [4.69, 9.17) is 10.5 Å². The van der Waals surface area contributed by atoms with Crippen LogP contribution in [-0.2, 0) is 22.4 Å². The van der Waals surface area contributed by atoms with E-state index in [0.717, 1.165) is 36.4 Å². The number of nitrogens with zero attached hydrogens (tertiary/aromatic N) is 2. The number of anilines is 1. The lowest BCUT2D eigenvalue weighted by Gasteiger charge is -2.13. The van der Waals surface area contributed by atoms with Gasteiger partial charge >= 0.3 is 0 Å². The van der Waals surface area contributed by atoms with Crippen LogP contribution in [-0.4, -0.2) is 52.4 Å². The fourth-order valence-electron chi connectivity index (χ4n) is 4.81. The number of halogens is 2. The molecule has 2 amide bonds. The summed E-state index contributed by atoms with van der Waals surface area (Å²) in [6.45, 7) is 5.88. The number of oxime groups is 1. The molecule has 0 saturated heterocycles. The molecule has 10 nitrogen and oxygen atoms in total. The monoisotopic (exact) mass is 766 g/mol. The molecule has 0 spiro atoms. The Hall–Kier alpha value is -2.86. The number of ether oxygens (including phenoxy) is 1. The number of allylic oxidation sites excluding steroid dienone is 2. The average molecular weight is 769 g/mol. The second-order valence-corrected chi connectivity index (χ2v) is 13.6. The highest BCUT2D eigenvalue weighted by Gasteiger charge is 2.16. The van der Waals surface area contributed by atoms with Gasteiger partial charge in [-0.05, 0) is 94.0 Å². The highest BCUT2D eigenvalue weighted by Crippen LogP contribution is 2.35. The fraction of sp³-hybridized carbons (Fsp3) is 0.588. The van der Waals surface area contributed by atoms with Crippen molar-refractivity contribution in [2.45, 2.75) is 104 Å². The Morgan fingerprint density at radius 2 is 1.67 bits per heavy atom. The number of amides is 2. The highest BCUT2D eigenvalue weighted by molar-refractivity contribution is 9.11. The minimum Gasteiger partial charge on any atom is -0.491 e. The molecule has 0 aliphatic carbocycles. The van der Waals surface area contributed by atoms with Crippen molar-refractivity contribution in [3.63, 3.8) is 0 Å². The van der Waals surface area contributed by atoms with Crippen LogP contribution in [0.5, 0.6) is 5.75 Å². The lowest BCUT2D eigenvalue weighted by molar-refractivity contribution is -0.121. The summed E-state index contributed by atoms with van der Waals surface area (Å²) in [5.74, 6) is 1.37. The number of nitrogens with two attached hydrogens (primary N) is 1. The van der Waals surface area contributed by atoms with E-state index in [1.54, 1.807) is 6.20 Å². The molecular formula is C34H52Br2N6O4. The second-order valence-electron chi connectivity index (χ2n) is 11.9. The normalized spacial score (nSPS) is 11.8. The van der Waals surface area contributed by atoms with Crippen molar-refractivity contribution in [1.29, 1.82) is 0 Å². The molecule has 1 aromatic heterocycles. The van der Waals surface area contributed by atoms with Crippen molar-refractivity contribution < 1.29 is 19.5 Å². The third-order valence-electron chi connectivity index (χ3n) is 7.37. The number of aromatic nitrogens is 2. The fourth-order valence-corrected chi connectivity index (χ4v) is 6.32. The van der Waals surface area contributed by atoms with Gasteiger partial charge < -0.3 is 31.3 Å². The third kappa shape index (κ3) is 17.2. The van der Waals surface area contributed by atoms with Crippen LogP contribution in [0.4, 0.5) is 5.95 Å². The van der Waals surface area contributed by atoms with E-state index in [1.807, 2.05) is 12.1 Å². The van der Waals surface area contributed by atoms with Crippen molar-refractivity contribution >= 4 is 55.3 Å².